The van der Waals surface area contributed by atoms with Crippen LogP contribution in [0.2, 0.25) is 0 Å². The van der Waals surface area contributed by atoms with Crippen LogP contribution in [0, 0.1) is 0 Å². The Morgan fingerprint density at radius 1 is 0.925 bits per heavy atom. The minimum absolute atomic E-state index is 0.291. The molecule has 4 rings (SSSR count). The highest BCUT2D eigenvalue weighted by atomic mass is 32.2. The normalized spacial score (nSPS) is 16.0. The lowest BCUT2D eigenvalue weighted by Gasteiger charge is -2.09. The van der Waals surface area contributed by atoms with Crippen molar-refractivity contribution in [1.82, 2.24) is 0 Å². The fourth-order valence-corrected chi connectivity index (χ4v) is 4.27. The Kier molecular flexibility index (Phi) is 9.04. The monoisotopic (exact) mass is 554 g/mol. The molecule has 0 aromatic heterocycles. The number of carbonyl (C=O) groups excluding carboxylic acids is 2. The van der Waals surface area contributed by atoms with Gasteiger partial charge in [0.2, 0.25) is 0 Å². The maximum absolute atomic E-state index is 14.5. The number of hydrogen-bond donors (Lipinski definition) is 2. The first kappa shape index (κ1) is 28.2. The summed E-state index contributed by atoms with van der Waals surface area (Å²) in [5.74, 6) is -1.03. The molecule has 0 unspecified atom stereocenters. The molecule has 40 heavy (non-hydrogen) atoms. The zero-order chi connectivity index (χ0) is 28.6. The van der Waals surface area contributed by atoms with Gasteiger partial charge < -0.3 is 20.4 Å². The summed E-state index contributed by atoms with van der Waals surface area (Å²) in [4.78, 5) is 25.3. The average molecular weight is 555 g/mol. The summed E-state index contributed by atoms with van der Waals surface area (Å²) in [5.41, 5.74) is 16.4. The summed E-state index contributed by atoms with van der Waals surface area (Å²) >= 11 is 0.861. The zero-order valence-corrected chi connectivity index (χ0v) is 22.7. The number of benzene rings is 3. The SMILES string of the molecule is CC1=C(\C)C(F)=CC(c2ccc(OC(=O)c3ccc(/C=C/C(=O)OSc4cc(N)cc(N)c4)cc3)cc2)=C/C=C\1. The van der Waals surface area contributed by atoms with Crippen LogP contribution in [0.3, 0.4) is 0 Å². The Labute approximate surface area is 236 Å². The molecule has 0 saturated carbocycles. The summed E-state index contributed by atoms with van der Waals surface area (Å²) in [7, 11) is 0. The third kappa shape index (κ3) is 7.61. The first-order valence-electron chi connectivity index (χ1n) is 12.3. The lowest BCUT2D eigenvalue weighted by molar-refractivity contribution is -0.127. The number of carbonyl (C=O) groups is 2. The van der Waals surface area contributed by atoms with Crippen molar-refractivity contribution >= 4 is 47.0 Å². The number of ether oxygens (including phenoxy) is 1. The van der Waals surface area contributed by atoms with Crippen molar-refractivity contribution in [1.29, 1.82) is 0 Å². The fraction of sp³-hybridized carbons (Fsp3) is 0.0625. The minimum atomic E-state index is -0.566. The molecular weight excluding hydrogens is 527 g/mol. The molecule has 0 saturated heterocycles. The van der Waals surface area contributed by atoms with E-state index in [1.807, 2.05) is 25.2 Å². The van der Waals surface area contributed by atoms with Crippen molar-refractivity contribution in [2.24, 2.45) is 0 Å². The van der Waals surface area contributed by atoms with Crippen LogP contribution in [-0.4, -0.2) is 11.9 Å². The lowest BCUT2D eigenvalue weighted by atomic mass is 9.99. The van der Waals surface area contributed by atoms with E-state index in [1.54, 1.807) is 79.7 Å². The molecule has 0 fully saturated rings. The van der Waals surface area contributed by atoms with E-state index in [0.717, 1.165) is 23.2 Å². The first-order valence-corrected chi connectivity index (χ1v) is 13.0. The standard InChI is InChI=1S/C32H27FN2O4S/c1-20-4-3-5-25(16-30(33)21(20)2)23-11-13-28(14-12-23)38-32(37)24-9-6-22(7-10-24)8-15-31(36)39-40-29-18-26(34)17-27(35)19-29/h3-19H,34-35H2,1-2H3/b4-3-,5-3?,15-8+,20-4?,21-20-,25-5?,25-16?,30-16?,30-21?. The van der Waals surface area contributed by atoms with E-state index in [1.165, 1.54) is 12.2 Å². The number of hydrogen-bond acceptors (Lipinski definition) is 7. The van der Waals surface area contributed by atoms with E-state index in [-0.39, 0.29) is 5.83 Å². The van der Waals surface area contributed by atoms with E-state index >= 15 is 0 Å². The van der Waals surface area contributed by atoms with Crippen molar-refractivity contribution in [2.75, 3.05) is 11.5 Å². The van der Waals surface area contributed by atoms with Gasteiger partial charge in [-0.05, 0) is 96.3 Å². The minimum Gasteiger partial charge on any atom is -0.423 e. The molecule has 6 nitrogen and oxygen atoms in total. The quantitative estimate of drug-likeness (QED) is 0.103. The summed E-state index contributed by atoms with van der Waals surface area (Å²) in [6, 6.07) is 18.3. The number of esters is 1. The van der Waals surface area contributed by atoms with Gasteiger partial charge in [-0.3, -0.25) is 0 Å². The van der Waals surface area contributed by atoms with Crippen molar-refractivity contribution in [2.45, 2.75) is 18.7 Å². The highest BCUT2D eigenvalue weighted by Gasteiger charge is 2.11. The molecule has 0 amide bonds. The Hall–Kier alpha value is -4.82. The van der Waals surface area contributed by atoms with Crippen molar-refractivity contribution in [3.63, 3.8) is 0 Å². The van der Waals surface area contributed by atoms with Crippen LogP contribution in [-0.2, 0) is 8.98 Å². The first-order chi connectivity index (χ1) is 19.2. The van der Waals surface area contributed by atoms with Crippen LogP contribution in [0.1, 0.15) is 35.3 Å². The molecular formula is C32H27FN2O4S. The Morgan fingerprint density at radius 2 is 1.60 bits per heavy atom. The molecule has 0 spiro atoms. The highest BCUT2D eigenvalue weighted by molar-refractivity contribution is 7.95. The maximum Gasteiger partial charge on any atom is 0.343 e. The van der Waals surface area contributed by atoms with Gasteiger partial charge in [0.1, 0.15) is 11.6 Å². The number of nitrogens with two attached hydrogens (primary N) is 2. The Morgan fingerprint density at radius 3 is 2.27 bits per heavy atom. The van der Waals surface area contributed by atoms with E-state index in [4.69, 9.17) is 20.4 Å². The smallest absolute Gasteiger partial charge is 0.343 e. The van der Waals surface area contributed by atoms with Gasteiger partial charge in [0.15, 0.2) is 0 Å². The van der Waals surface area contributed by atoms with Crippen molar-refractivity contribution < 1.29 is 22.9 Å². The van der Waals surface area contributed by atoms with E-state index in [2.05, 4.69) is 0 Å². The number of halogens is 1. The van der Waals surface area contributed by atoms with Gasteiger partial charge in [-0.1, -0.05) is 42.5 Å². The van der Waals surface area contributed by atoms with Gasteiger partial charge in [0.05, 0.1) is 22.5 Å². The van der Waals surface area contributed by atoms with Crippen LogP contribution < -0.4 is 16.2 Å². The molecule has 3 aromatic carbocycles. The predicted octanol–water partition coefficient (Wildman–Crippen LogP) is 7.48. The molecule has 0 aliphatic heterocycles. The topological polar surface area (TPSA) is 105 Å². The van der Waals surface area contributed by atoms with Gasteiger partial charge >= 0.3 is 11.9 Å². The second kappa shape index (κ2) is 12.8. The largest absolute Gasteiger partial charge is 0.423 e. The lowest BCUT2D eigenvalue weighted by Crippen LogP contribution is -2.08. The van der Waals surface area contributed by atoms with Gasteiger partial charge in [-0.15, -0.1) is 0 Å². The summed E-state index contributed by atoms with van der Waals surface area (Å²) < 4.78 is 25.1. The second-order valence-corrected chi connectivity index (χ2v) is 9.78. The molecule has 8 heteroatoms. The molecule has 202 valence electrons. The molecule has 0 radical (unpaired) electrons. The van der Waals surface area contributed by atoms with Gasteiger partial charge in [-0.25, -0.2) is 14.0 Å². The van der Waals surface area contributed by atoms with Crippen molar-refractivity contribution in [3.8, 4) is 5.75 Å². The second-order valence-electron chi connectivity index (χ2n) is 8.97. The molecule has 1 aliphatic carbocycles. The summed E-state index contributed by atoms with van der Waals surface area (Å²) in [5, 5.41) is 0. The molecule has 0 atom stereocenters. The highest BCUT2D eigenvalue weighted by Crippen LogP contribution is 2.27. The van der Waals surface area contributed by atoms with E-state index in [9.17, 15) is 14.0 Å². The molecule has 1 aliphatic rings. The van der Waals surface area contributed by atoms with Gasteiger partial charge in [0.25, 0.3) is 0 Å². The van der Waals surface area contributed by atoms with E-state index in [0.29, 0.717) is 44.3 Å². The number of rotatable bonds is 7. The molecule has 0 heterocycles. The van der Waals surface area contributed by atoms with Crippen LogP contribution in [0.4, 0.5) is 15.8 Å². The third-order valence-electron chi connectivity index (χ3n) is 5.98. The Balaban J connectivity index is 1.32. The van der Waals surface area contributed by atoms with Crippen LogP contribution in [0.5, 0.6) is 5.75 Å². The van der Waals surface area contributed by atoms with Crippen LogP contribution in [0.25, 0.3) is 11.6 Å². The van der Waals surface area contributed by atoms with Crippen molar-refractivity contribution in [3.05, 3.63) is 131 Å². The number of anilines is 2. The number of allylic oxidation sites excluding steroid dienone is 8. The molecule has 0 bridgehead atoms. The fourth-order valence-electron chi connectivity index (χ4n) is 3.67. The van der Waals surface area contributed by atoms with Crippen LogP contribution in [0.15, 0.2) is 119 Å². The molecule has 3 aromatic rings. The van der Waals surface area contributed by atoms with Crippen LogP contribution >= 0.6 is 12.0 Å². The third-order valence-corrected chi connectivity index (χ3v) is 6.66. The van der Waals surface area contributed by atoms with E-state index < -0.39 is 11.9 Å². The van der Waals surface area contributed by atoms with Gasteiger partial charge in [-0.2, -0.15) is 0 Å². The number of nitrogen functional groups attached to an aromatic ring is 2. The zero-order valence-electron chi connectivity index (χ0n) is 21.9. The predicted molar refractivity (Wildman–Crippen MR) is 159 cm³/mol. The maximum atomic E-state index is 14.5. The van der Waals surface area contributed by atoms with Gasteiger partial charge in [0, 0.05) is 17.5 Å². The molecule has 4 N–H and O–H groups in total. The Bertz CT molecular complexity index is 1560. The summed E-state index contributed by atoms with van der Waals surface area (Å²) in [6.07, 6.45) is 9.92. The average Bonchev–Trinajstić information content (AvgIpc) is 2.93. The summed E-state index contributed by atoms with van der Waals surface area (Å²) in [6.45, 7) is 3.61.